The molecule has 3 heteroatoms. The molecule has 0 atom stereocenters. The van der Waals surface area contributed by atoms with Gasteiger partial charge in [0.05, 0.1) is 6.20 Å². The second-order valence-electron chi connectivity index (χ2n) is 1.41. The second kappa shape index (κ2) is 0.753. The molecule has 1 aromatic heterocycles. The van der Waals surface area contributed by atoms with E-state index in [0.29, 0.717) is 0 Å². The summed E-state index contributed by atoms with van der Waals surface area (Å²) in [5.41, 5.74) is 1.06. The quantitative estimate of drug-likeness (QED) is 0.483. The number of nitrogens with zero attached hydrogens (tertiary/aromatic N) is 2. The van der Waals surface area contributed by atoms with Gasteiger partial charge >= 0.3 is 0 Å². The smallest absolute Gasteiger partial charge is 0.157 e. The largest absolute Gasteiger partial charge is 0.334 e. The van der Waals surface area contributed by atoms with Crippen molar-refractivity contribution in [2.24, 2.45) is 0 Å². The Morgan fingerprint density at radius 1 is 1.57 bits per heavy atom. The molecule has 2 heterocycles. The fraction of sp³-hybridized carbons (Fsp3) is 0. The zero-order valence-electron chi connectivity index (χ0n) is 3.55. The Labute approximate surface area is 40.4 Å². The van der Waals surface area contributed by atoms with Crippen LogP contribution >= 0.6 is 0 Å². The Morgan fingerprint density at radius 3 is 3.14 bits per heavy atom. The lowest BCUT2D eigenvalue weighted by Crippen LogP contribution is -1.61. The number of hydrogen-bond acceptors (Lipinski definition) is 3. The van der Waals surface area contributed by atoms with Gasteiger partial charge in [0.2, 0.25) is 0 Å². The van der Waals surface area contributed by atoms with Gasteiger partial charge in [-0.3, -0.25) is 0 Å². The first-order chi connectivity index (χ1) is 3.47. The first-order valence-electron chi connectivity index (χ1n) is 2.04. The molecule has 0 saturated heterocycles. The average Bonchev–Trinajstić information content (AvgIpc) is 2.41. The van der Waals surface area contributed by atoms with Crippen molar-refractivity contribution >= 4 is 11.5 Å². The molecular formula is C4H3N3. The van der Waals surface area contributed by atoms with Crippen molar-refractivity contribution in [3.63, 3.8) is 0 Å². The normalized spacial score (nSPS) is 12.0. The van der Waals surface area contributed by atoms with E-state index in [4.69, 9.17) is 0 Å². The Bertz CT molecular complexity index is 175. The van der Waals surface area contributed by atoms with Crippen LogP contribution in [0.4, 0.5) is 11.5 Å². The van der Waals surface area contributed by atoms with E-state index in [9.17, 15) is 0 Å². The predicted octanol–water partition coefficient (Wildman–Crippen LogP) is 0.534. The maximum absolute atomic E-state index is 3.85. The summed E-state index contributed by atoms with van der Waals surface area (Å²) in [5, 5.41) is 2.92. The molecule has 2 rings (SSSR count). The fourth-order valence-electron chi connectivity index (χ4n) is 0.490. The van der Waals surface area contributed by atoms with E-state index in [1.54, 1.807) is 6.20 Å². The van der Waals surface area contributed by atoms with E-state index >= 15 is 0 Å². The van der Waals surface area contributed by atoms with Gasteiger partial charge in [-0.15, -0.1) is 0 Å². The lowest BCUT2D eigenvalue weighted by molar-refractivity contribution is 1.23. The molecule has 0 unspecified atom stereocenters. The van der Waals surface area contributed by atoms with Gasteiger partial charge in [-0.1, -0.05) is 0 Å². The SMILES string of the molecule is c1ncc2c(n1)N2. The van der Waals surface area contributed by atoms with Crippen LogP contribution in [-0.2, 0) is 0 Å². The molecule has 0 saturated carbocycles. The third kappa shape index (κ3) is 0.287. The van der Waals surface area contributed by atoms with Crippen molar-refractivity contribution < 1.29 is 0 Å². The highest BCUT2D eigenvalue weighted by Gasteiger charge is 2.14. The van der Waals surface area contributed by atoms with Gasteiger partial charge in [-0.2, -0.15) is 0 Å². The van der Waals surface area contributed by atoms with Crippen LogP contribution in [0.1, 0.15) is 0 Å². The maximum Gasteiger partial charge on any atom is 0.157 e. The van der Waals surface area contributed by atoms with Gasteiger partial charge in [0.15, 0.2) is 5.82 Å². The van der Waals surface area contributed by atoms with E-state index in [0.717, 1.165) is 11.5 Å². The summed E-state index contributed by atoms with van der Waals surface area (Å²) in [4.78, 5) is 7.61. The second-order valence-corrected chi connectivity index (χ2v) is 1.41. The Balaban J connectivity index is 2.73. The first-order valence-corrected chi connectivity index (χ1v) is 2.04. The third-order valence-electron chi connectivity index (χ3n) is 0.903. The molecule has 0 fully saturated rings. The number of nitrogens with one attached hydrogen (secondary N) is 1. The minimum Gasteiger partial charge on any atom is -0.334 e. The number of anilines is 2. The van der Waals surface area contributed by atoms with Crippen molar-refractivity contribution in [3.05, 3.63) is 12.5 Å². The maximum atomic E-state index is 3.85. The van der Waals surface area contributed by atoms with Crippen LogP contribution in [0.25, 0.3) is 0 Å². The summed E-state index contributed by atoms with van der Waals surface area (Å²) in [5.74, 6) is 0.968. The predicted molar refractivity (Wildman–Crippen MR) is 25.3 cm³/mol. The molecule has 0 radical (unpaired) electrons. The topological polar surface area (TPSA) is 47.7 Å². The molecule has 0 aromatic carbocycles. The van der Waals surface area contributed by atoms with Crippen molar-refractivity contribution in [3.8, 4) is 0 Å². The van der Waals surface area contributed by atoms with Crippen LogP contribution in [0, 0.1) is 0 Å². The Hall–Kier alpha value is -1.12. The molecule has 1 aliphatic rings. The van der Waals surface area contributed by atoms with E-state index in [1.807, 2.05) is 0 Å². The van der Waals surface area contributed by atoms with Crippen molar-refractivity contribution in [1.82, 2.24) is 9.97 Å². The van der Waals surface area contributed by atoms with Gasteiger partial charge in [0.1, 0.15) is 12.0 Å². The van der Waals surface area contributed by atoms with Gasteiger partial charge in [-0.05, 0) is 0 Å². The monoisotopic (exact) mass is 93.0 g/mol. The molecule has 3 nitrogen and oxygen atoms in total. The molecule has 0 spiro atoms. The summed E-state index contributed by atoms with van der Waals surface area (Å²) in [6.07, 6.45) is 3.28. The summed E-state index contributed by atoms with van der Waals surface area (Å²) >= 11 is 0. The molecule has 34 valence electrons. The van der Waals surface area contributed by atoms with E-state index in [2.05, 4.69) is 15.3 Å². The summed E-state index contributed by atoms with van der Waals surface area (Å²) in [6.45, 7) is 0. The van der Waals surface area contributed by atoms with E-state index in [1.165, 1.54) is 6.33 Å². The average molecular weight is 93.1 g/mol. The van der Waals surface area contributed by atoms with Gasteiger partial charge in [-0.25, -0.2) is 9.97 Å². The molecular weight excluding hydrogens is 90.1 g/mol. The highest BCUT2D eigenvalue weighted by Crippen LogP contribution is 2.32. The lowest BCUT2D eigenvalue weighted by atomic mass is 10.7. The van der Waals surface area contributed by atoms with E-state index < -0.39 is 0 Å². The number of hydrogen-bond donors (Lipinski definition) is 1. The van der Waals surface area contributed by atoms with Gasteiger partial charge < -0.3 is 5.32 Å². The lowest BCUT2D eigenvalue weighted by Gasteiger charge is -1.65. The minimum atomic E-state index is 0.968. The molecule has 1 N–H and O–H groups in total. The summed E-state index contributed by atoms with van der Waals surface area (Å²) < 4.78 is 0. The van der Waals surface area contributed by atoms with Crippen molar-refractivity contribution in [2.45, 2.75) is 0 Å². The van der Waals surface area contributed by atoms with Crippen LogP contribution in [0.2, 0.25) is 0 Å². The third-order valence-corrected chi connectivity index (χ3v) is 0.903. The molecule has 0 bridgehead atoms. The summed E-state index contributed by atoms with van der Waals surface area (Å²) in [6, 6.07) is 0. The summed E-state index contributed by atoms with van der Waals surface area (Å²) in [7, 11) is 0. The van der Waals surface area contributed by atoms with E-state index in [-0.39, 0.29) is 0 Å². The zero-order valence-corrected chi connectivity index (χ0v) is 3.55. The first kappa shape index (κ1) is 2.96. The zero-order chi connectivity index (χ0) is 4.69. The molecule has 1 aromatic rings. The Kier molecular flexibility index (Phi) is 0.318. The fourth-order valence-corrected chi connectivity index (χ4v) is 0.490. The van der Waals surface area contributed by atoms with Crippen LogP contribution in [0.15, 0.2) is 12.5 Å². The number of rotatable bonds is 0. The van der Waals surface area contributed by atoms with Crippen LogP contribution in [-0.4, -0.2) is 9.97 Å². The Morgan fingerprint density at radius 2 is 2.57 bits per heavy atom. The van der Waals surface area contributed by atoms with Crippen LogP contribution in [0.5, 0.6) is 0 Å². The molecule has 0 aliphatic carbocycles. The number of aromatic nitrogens is 2. The van der Waals surface area contributed by atoms with Crippen molar-refractivity contribution in [1.29, 1.82) is 0 Å². The highest BCUT2D eigenvalue weighted by molar-refractivity contribution is 5.84. The molecule has 0 amide bonds. The highest BCUT2D eigenvalue weighted by atomic mass is 15.2. The number of fused-ring (bicyclic) bond motifs is 1. The van der Waals surface area contributed by atoms with Crippen LogP contribution < -0.4 is 5.32 Å². The minimum absolute atomic E-state index is 0.968. The van der Waals surface area contributed by atoms with Gasteiger partial charge in [0, 0.05) is 0 Å². The molecule has 1 aliphatic heterocycles. The molecule has 7 heavy (non-hydrogen) atoms. The van der Waals surface area contributed by atoms with Crippen LogP contribution in [0.3, 0.4) is 0 Å². The van der Waals surface area contributed by atoms with Gasteiger partial charge in [0.25, 0.3) is 0 Å². The van der Waals surface area contributed by atoms with Crippen molar-refractivity contribution in [2.75, 3.05) is 5.32 Å². The standard InChI is InChI=1S/C4H3N3/c1-3-4(7-3)6-2-5-1/h1-2H,(H,5,6,7).